The highest BCUT2D eigenvalue weighted by Gasteiger charge is 2.15. The molecule has 22 heavy (non-hydrogen) atoms. The van der Waals surface area contributed by atoms with Gasteiger partial charge in [0.1, 0.15) is 0 Å². The van der Waals surface area contributed by atoms with Crippen LogP contribution in [0.1, 0.15) is 37.3 Å². The molecule has 0 aliphatic carbocycles. The van der Waals surface area contributed by atoms with E-state index in [0.717, 1.165) is 24.6 Å². The van der Waals surface area contributed by atoms with Crippen LogP contribution in [0.3, 0.4) is 0 Å². The fraction of sp³-hybridized carbons (Fsp3) is 0.611. The molecule has 0 spiro atoms. The van der Waals surface area contributed by atoms with Crippen molar-refractivity contribution in [2.24, 2.45) is 5.92 Å². The van der Waals surface area contributed by atoms with Gasteiger partial charge in [-0.05, 0) is 50.0 Å². The van der Waals surface area contributed by atoms with Crippen LogP contribution in [0.15, 0.2) is 24.3 Å². The quantitative estimate of drug-likeness (QED) is 0.811. The summed E-state index contributed by atoms with van der Waals surface area (Å²) < 4.78 is 0. The van der Waals surface area contributed by atoms with E-state index >= 15 is 0 Å². The number of carbonyl (C=O) groups is 1. The zero-order chi connectivity index (χ0) is 15.8. The second-order valence-electron chi connectivity index (χ2n) is 6.41. The monoisotopic (exact) mass is 303 g/mol. The van der Waals surface area contributed by atoms with Crippen molar-refractivity contribution in [1.82, 2.24) is 15.5 Å². The molecule has 1 aliphatic heterocycles. The largest absolute Gasteiger partial charge is 0.352 e. The lowest BCUT2D eigenvalue weighted by atomic mass is 9.99. The molecule has 0 saturated carbocycles. The average Bonchev–Trinajstić information content (AvgIpc) is 2.54. The van der Waals surface area contributed by atoms with Crippen molar-refractivity contribution >= 4 is 5.91 Å². The van der Waals surface area contributed by atoms with Crippen LogP contribution >= 0.6 is 0 Å². The van der Waals surface area contributed by atoms with E-state index in [2.05, 4.69) is 46.7 Å². The summed E-state index contributed by atoms with van der Waals surface area (Å²) in [4.78, 5) is 14.1. The van der Waals surface area contributed by atoms with Crippen LogP contribution < -0.4 is 10.6 Å². The molecule has 2 N–H and O–H groups in total. The molecule has 1 fully saturated rings. The molecule has 0 radical (unpaired) electrons. The molecule has 1 saturated heterocycles. The molecule has 0 bridgehead atoms. The van der Waals surface area contributed by atoms with E-state index < -0.39 is 0 Å². The standard InChI is InChI=1S/C18H29N3O/c1-15-8-11-21(12-9-15)14-17-5-3-16(4-6-17)13-20-18(22)7-10-19-2/h3-6,15,19H,7-14H2,1-2H3,(H,20,22). The first-order chi connectivity index (χ1) is 10.7. The number of benzene rings is 1. The van der Waals surface area contributed by atoms with Gasteiger partial charge >= 0.3 is 0 Å². The molecule has 122 valence electrons. The van der Waals surface area contributed by atoms with Crippen molar-refractivity contribution in [3.8, 4) is 0 Å². The fourth-order valence-electron chi connectivity index (χ4n) is 2.77. The van der Waals surface area contributed by atoms with E-state index in [0.29, 0.717) is 13.0 Å². The van der Waals surface area contributed by atoms with E-state index in [1.165, 1.54) is 31.5 Å². The van der Waals surface area contributed by atoms with Crippen LogP contribution in [-0.2, 0) is 17.9 Å². The first kappa shape index (κ1) is 17.0. The summed E-state index contributed by atoms with van der Waals surface area (Å²) in [5.41, 5.74) is 2.52. The van der Waals surface area contributed by atoms with Crippen molar-refractivity contribution in [1.29, 1.82) is 0 Å². The van der Waals surface area contributed by atoms with E-state index in [-0.39, 0.29) is 5.91 Å². The van der Waals surface area contributed by atoms with Crippen molar-refractivity contribution < 1.29 is 4.79 Å². The number of carbonyl (C=O) groups excluding carboxylic acids is 1. The molecular weight excluding hydrogens is 274 g/mol. The fourth-order valence-corrected chi connectivity index (χ4v) is 2.77. The lowest BCUT2D eigenvalue weighted by molar-refractivity contribution is -0.121. The van der Waals surface area contributed by atoms with E-state index in [1.54, 1.807) is 0 Å². The minimum atomic E-state index is 0.0980. The van der Waals surface area contributed by atoms with E-state index in [4.69, 9.17) is 0 Å². The topological polar surface area (TPSA) is 44.4 Å². The van der Waals surface area contributed by atoms with Crippen LogP contribution in [-0.4, -0.2) is 37.5 Å². The van der Waals surface area contributed by atoms with Crippen molar-refractivity contribution in [3.63, 3.8) is 0 Å². The Morgan fingerprint density at radius 1 is 1.18 bits per heavy atom. The van der Waals surface area contributed by atoms with Gasteiger partial charge in [0.25, 0.3) is 0 Å². The first-order valence-electron chi connectivity index (χ1n) is 8.39. The third-order valence-electron chi connectivity index (χ3n) is 4.40. The van der Waals surface area contributed by atoms with Gasteiger partial charge in [-0.2, -0.15) is 0 Å². The summed E-state index contributed by atoms with van der Waals surface area (Å²) in [6.07, 6.45) is 3.16. The number of nitrogens with one attached hydrogen (secondary N) is 2. The Balaban J connectivity index is 1.74. The maximum atomic E-state index is 11.6. The van der Waals surface area contributed by atoms with Gasteiger partial charge in [-0.15, -0.1) is 0 Å². The second kappa shape index (κ2) is 8.91. The third kappa shape index (κ3) is 5.78. The van der Waals surface area contributed by atoms with Crippen LogP contribution in [0.2, 0.25) is 0 Å². The molecule has 0 atom stereocenters. The van der Waals surface area contributed by atoms with Crippen LogP contribution in [0.4, 0.5) is 0 Å². The summed E-state index contributed by atoms with van der Waals surface area (Å²) in [5.74, 6) is 0.978. The van der Waals surface area contributed by atoms with Gasteiger partial charge in [0.15, 0.2) is 0 Å². The number of nitrogens with zero attached hydrogens (tertiary/aromatic N) is 1. The number of piperidine rings is 1. The molecule has 2 rings (SSSR count). The maximum Gasteiger partial charge on any atom is 0.221 e. The van der Waals surface area contributed by atoms with Crippen molar-refractivity contribution in [2.75, 3.05) is 26.7 Å². The zero-order valence-corrected chi connectivity index (χ0v) is 13.9. The molecule has 4 heteroatoms. The summed E-state index contributed by atoms with van der Waals surface area (Å²) in [6.45, 7) is 7.15. The maximum absolute atomic E-state index is 11.6. The van der Waals surface area contributed by atoms with Crippen molar-refractivity contribution in [2.45, 2.75) is 39.3 Å². The number of likely N-dealkylation sites (tertiary alicyclic amines) is 1. The Labute approximate surface area is 134 Å². The van der Waals surface area contributed by atoms with Crippen LogP contribution in [0.25, 0.3) is 0 Å². The predicted molar refractivity (Wildman–Crippen MR) is 90.5 cm³/mol. The number of hydrogen-bond donors (Lipinski definition) is 2. The number of amides is 1. The molecule has 1 heterocycles. The zero-order valence-electron chi connectivity index (χ0n) is 13.9. The molecule has 1 aliphatic rings. The summed E-state index contributed by atoms with van der Waals surface area (Å²) >= 11 is 0. The molecule has 4 nitrogen and oxygen atoms in total. The highest BCUT2D eigenvalue weighted by atomic mass is 16.1. The van der Waals surface area contributed by atoms with Gasteiger partial charge in [0.05, 0.1) is 0 Å². The first-order valence-corrected chi connectivity index (χ1v) is 8.39. The SMILES string of the molecule is CNCCC(=O)NCc1ccc(CN2CCC(C)CC2)cc1. The van der Waals surface area contributed by atoms with Gasteiger partial charge < -0.3 is 10.6 Å². The Kier molecular flexibility index (Phi) is 6.87. The van der Waals surface area contributed by atoms with Gasteiger partial charge in [0, 0.05) is 26.1 Å². The average molecular weight is 303 g/mol. The normalized spacial score (nSPS) is 16.6. The molecule has 1 amide bonds. The molecule has 0 unspecified atom stereocenters. The van der Waals surface area contributed by atoms with Crippen LogP contribution in [0.5, 0.6) is 0 Å². The molecule has 1 aromatic carbocycles. The van der Waals surface area contributed by atoms with Gasteiger partial charge in [-0.25, -0.2) is 0 Å². The van der Waals surface area contributed by atoms with E-state index in [1.807, 2.05) is 7.05 Å². The molecular formula is C18H29N3O. The highest BCUT2D eigenvalue weighted by molar-refractivity contribution is 5.76. The Bertz CT molecular complexity index is 450. The highest BCUT2D eigenvalue weighted by Crippen LogP contribution is 2.18. The third-order valence-corrected chi connectivity index (χ3v) is 4.40. The minimum Gasteiger partial charge on any atom is -0.352 e. The summed E-state index contributed by atoms with van der Waals surface area (Å²) in [6, 6.07) is 8.63. The Morgan fingerprint density at radius 3 is 2.45 bits per heavy atom. The van der Waals surface area contributed by atoms with Crippen LogP contribution in [0, 0.1) is 5.92 Å². The second-order valence-corrected chi connectivity index (χ2v) is 6.41. The Morgan fingerprint density at radius 2 is 1.82 bits per heavy atom. The predicted octanol–water partition coefficient (Wildman–Crippen LogP) is 2.14. The minimum absolute atomic E-state index is 0.0980. The Hall–Kier alpha value is -1.39. The van der Waals surface area contributed by atoms with E-state index in [9.17, 15) is 4.79 Å². The van der Waals surface area contributed by atoms with Gasteiger partial charge in [0.2, 0.25) is 5.91 Å². The molecule has 1 aromatic rings. The summed E-state index contributed by atoms with van der Waals surface area (Å²) in [5, 5.41) is 5.93. The lowest BCUT2D eigenvalue weighted by Crippen LogP contribution is -2.32. The lowest BCUT2D eigenvalue weighted by Gasteiger charge is -2.30. The smallest absolute Gasteiger partial charge is 0.221 e. The molecule has 0 aromatic heterocycles. The number of rotatable bonds is 7. The van der Waals surface area contributed by atoms with Crippen molar-refractivity contribution in [3.05, 3.63) is 35.4 Å². The van der Waals surface area contributed by atoms with Gasteiger partial charge in [-0.3, -0.25) is 9.69 Å². The van der Waals surface area contributed by atoms with Gasteiger partial charge in [-0.1, -0.05) is 31.2 Å². The number of hydrogen-bond acceptors (Lipinski definition) is 3. The summed E-state index contributed by atoms with van der Waals surface area (Å²) in [7, 11) is 1.86.